The fourth-order valence-corrected chi connectivity index (χ4v) is 6.19. The molecular weight excluding hydrogens is 667 g/mol. The van der Waals surface area contributed by atoms with Gasteiger partial charge in [-0.2, -0.15) is 0 Å². The third-order valence-corrected chi connectivity index (χ3v) is 8.63. The molecule has 0 saturated carbocycles. The van der Waals surface area contributed by atoms with E-state index in [0.717, 1.165) is 11.1 Å². The van der Waals surface area contributed by atoms with Gasteiger partial charge in [0.2, 0.25) is 5.60 Å². The number of aliphatic carboxylic acids is 2. The summed E-state index contributed by atoms with van der Waals surface area (Å²) in [4.78, 5) is 37.3. The minimum Gasteiger partial charge on any atom is -0.480 e. The maximum atomic E-state index is 13.3. The molecule has 0 heterocycles. The van der Waals surface area contributed by atoms with Gasteiger partial charge < -0.3 is 20.1 Å². The molecule has 0 aromatic heterocycles. The lowest BCUT2D eigenvalue weighted by Gasteiger charge is -2.28. The normalized spacial score (nSPS) is 14.0. The Labute approximate surface area is 295 Å². The van der Waals surface area contributed by atoms with Crippen molar-refractivity contribution in [2.24, 2.45) is 0 Å². The van der Waals surface area contributed by atoms with E-state index in [1.165, 1.54) is 0 Å². The highest BCUT2D eigenvalue weighted by Crippen LogP contribution is 2.32. The molecule has 0 radical (unpaired) electrons. The van der Waals surface area contributed by atoms with Crippen LogP contribution in [-0.4, -0.2) is 51.9 Å². The standard InChI is InChI=1S/C38H40Cl2N2O7/c1-4-49-37(47)38(48,29-15-11-25(12-16-29)19-23(2)41-33(35(43)44)27-7-5-9-31(39)21-27)30-17-13-26(14-18-30)20-24(3)42-34(36(45)46)28-8-6-10-32(40)22-28/h5-18,21-24,33-34,41-42,48H,4,19-20H2,1-3H3,(H,43,44)(H,45,46)/t23-,24-,33-,34-/m1/s1. The highest BCUT2D eigenvalue weighted by atomic mass is 35.5. The molecule has 0 amide bonds. The third-order valence-electron chi connectivity index (χ3n) is 8.16. The molecule has 4 rings (SSSR count). The number of halogens is 2. The molecule has 0 unspecified atom stereocenters. The van der Waals surface area contributed by atoms with E-state index in [-0.39, 0.29) is 18.7 Å². The summed E-state index contributed by atoms with van der Waals surface area (Å²) in [6.45, 7) is 5.48. The molecule has 4 atom stereocenters. The molecule has 0 aliphatic heterocycles. The van der Waals surface area contributed by atoms with Gasteiger partial charge in [-0.05, 0) is 91.3 Å². The first-order valence-electron chi connectivity index (χ1n) is 15.9. The highest BCUT2D eigenvalue weighted by molar-refractivity contribution is 6.31. The van der Waals surface area contributed by atoms with Crippen LogP contribution in [0.15, 0.2) is 97.1 Å². The van der Waals surface area contributed by atoms with E-state index in [0.29, 0.717) is 45.1 Å². The number of ether oxygens (including phenoxy) is 1. The van der Waals surface area contributed by atoms with E-state index >= 15 is 0 Å². The van der Waals surface area contributed by atoms with Crippen LogP contribution in [-0.2, 0) is 37.6 Å². The second kappa shape index (κ2) is 16.9. The van der Waals surface area contributed by atoms with Gasteiger partial charge in [0.1, 0.15) is 12.1 Å². The number of benzene rings is 4. The molecule has 49 heavy (non-hydrogen) atoms. The van der Waals surface area contributed by atoms with E-state index in [1.807, 2.05) is 13.8 Å². The average molecular weight is 708 g/mol. The van der Waals surface area contributed by atoms with E-state index in [9.17, 15) is 29.7 Å². The molecule has 9 nitrogen and oxygen atoms in total. The molecule has 0 fully saturated rings. The minimum absolute atomic E-state index is 0.0679. The monoisotopic (exact) mass is 706 g/mol. The van der Waals surface area contributed by atoms with E-state index in [4.69, 9.17) is 27.9 Å². The molecule has 0 aliphatic rings. The molecule has 4 aromatic rings. The largest absolute Gasteiger partial charge is 0.480 e. The highest BCUT2D eigenvalue weighted by Gasteiger charge is 2.41. The number of rotatable bonds is 16. The lowest BCUT2D eigenvalue weighted by atomic mass is 9.85. The van der Waals surface area contributed by atoms with Crippen molar-refractivity contribution in [3.05, 3.63) is 140 Å². The molecule has 4 aromatic carbocycles. The number of hydrogen-bond acceptors (Lipinski definition) is 7. The predicted octanol–water partition coefficient (Wildman–Crippen LogP) is 6.49. The quantitative estimate of drug-likeness (QED) is 0.0826. The van der Waals surface area contributed by atoms with Gasteiger partial charge in [0.25, 0.3) is 0 Å². The minimum atomic E-state index is -2.09. The maximum absolute atomic E-state index is 13.3. The maximum Gasteiger partial charge on any atom is 0.347 e. The number of carbonyl (C=O) groups is 3. The van der Waals surface area contributed by atoms with Crippen LogP contribution in [0.2, 0.25) is 10.0 Å². The van der Waals surface area contributed by atoms with Crippen molar-refractivity contribution in [3.63, 3.8) is 0 Å². The average Bonchev–Trinajstić information content (AvgIpc) is 3.06. The van der Waals surface area contributed by atoms with E-state index in [1.54, 1.807) is 104 Å². The second-order valence-corrected chi connectivity index (χ2v) is 12.9. The first-order valence-corrected chi connectivity index (χ1v) is 16.6. The lowest BCUT2D eigenvalue weighted by molar-refractivity contribution is -0.161. The molecule has 0 aliphatic carbocycles. The Hall–Kier alpha value is -4.25. The van der Waals surface area contributed by atoms with Crippen LogP contribution < -0.4 is 10.6 Å². The summed E-state index contributed by atoms with van der Waals surface area (Å²) in [5.74, 6) is -2.87. The molecule has 5 N–H and O–H groups in total. The van der Waals surface area contributed by atoms with Gasteiger partial charge in [0.05, 0.1) is 6.61 Å². The number of nitrogens with one attached hydrogen (secondary N) is 2. The summed E-state index contributed by atoms with van der Waals surface area (Å²) in [6, 6.07) is 24.8. The lowest BCUT2D eigenvalue weighted by Crippen LogP contribution is -2.39. The van der Waals surface area contributed by atoms with Crippen LogP contribution in [0.5, 0.6) is 0 Å². The Kier molecular flexibility index (Phi) is 13.0. The Morgan fingerprint density at radius 1 is 0.694 bits per heavy atom. The van der Waals surface area contributed by atoms with Crippen LogP contribution >= 0.6 is 23.2 Å². The van der Waals surface area contributed by atoms with Gasteiger partial charge in [-0.25, -0.2) is 4.79 Å². The van der Waals surface area contributed by atoms with Crippen molar-refractivity contribution in [2.75, 3.05) is 6.61 Å². The Balaban J connectivity index is 1.48. The first kappa shape index (κ1) is 37.6. The zero-order valence-corrected chi connectivity index (χ0v) is 28.9. The number of aliphatic hydroxyl groups is 1. The molecule has 0 spiro atoms. The van der Waals surface area contributed by atoms with Gasteiger partial charge >= 0.3 is 17.9 Å². The van der Waals surface area contributed by atoms with Crippen molar-refractivity contribution in [1.29, 1.82) is 0 Å². The molecule has 258 valence electrons. The number of carboxylic acid groups (broad SMARTS) is 2. The fraction of sp³-hybridized carbons (Fsp3) is 0.289. The summed E-state index contributed by atoms with van der Waals surface area (Å²) >= 11 is 12.2. The zero-order chi connectivity index (χ0) is 35.7. The van der Waals surface area contributed by atoms with Gasteiger partial charge in [-0.3, -0.25) is 20.2 Å². The summed E-state index contributed by atoms with van der Waals surface area (Å²) in [5.41, 5.74) is 1.33. The number of carboxylic acids is 2. The van der Waals surface area contributed by atoms with Crippen molar-refractivity contribution in [1.82, 2.24) is 10.6 Å². The summed E-state index contributed by atoms with van der Waals surface area (Å²) in [7, 11) is 0. The molecular formula is C38H40Cl2N2O7. The topological polar surface area (TPSA) is 145 Å². The first-order chi connectivity index (χ1) is 23.3. The van der Waals surface area contributed by atoms with Crippen molar-refractivity contribution < 1.29 is 34.4 Å². The van der Waals surface area contributed by atoms with E-state index < -0.39 is 35.6 Å². The van der Waals surface area contributed by atoms with Gasteiger partial charge in [-0.15, -0.1) is 0 Å². The van der Waals surface area contributed by atoms with Crippen LogP contribution in [0.25, 0.3) is 0 Å². The number of carbonyl (C=O) groups excluding carboxylic acids is 1. The van der Waals surface area contributed by atoms with Crippen LogP contribution in [0, 0.1) is 0 Å². The number of esters is 1. The van der Waals surface area contributed by atoms with Crippen molar-refractivity contribution in [3.8, 4) is 0 Å². The van der Waals surface area contributed by atoms with Crippen LogP contribution in [0.3, 0.4) is 0 Å². The molecule has 0 bridgehead atoms. The van der Waals surface area contributed by atoms with Crippen molar-refractivity contribution in [2.45, 2.75) is 63.4 Å². The second-order valence-electron chi connectivity index (χ2n) is 12.0. The molecule has 11 heteroatoms. The third kappa shape index (κ3) is 9.68. The van der Waals surface area contributed by atoms with Gasteiger partial charge in [-0.1, -0.05) is 96.0 Å². The summed E-state index contributed by atoms with van der Waals surface area (Å²) in [6.07, 6.45) is 0.951. The van der Waals surface area contributed by atoms with Gasteiger partial charge in [0.15, 0.2) is 0 Å². The Morgan fingerprint density at radius 2 is 1.08 bits per heavy atom. The van der Waals surface area contributed by atoms with Crippen molar-refractivity contribution >= 4 is 41.1 Å². The van der Waals surface area contributed by atoms with Gasteiger partial charge in [0, 0.05) is 22.1 Å². The fourth-order valence-electron chi connectivity index (χ4n) is 5.79. The molecule has 0 saturated heterocycles. The van der Waals surface area contributed by atoms with E-state index in [2.05, 4.69) is 10.6 Å². The smallest absolute Gasteiger partial charge is 0.347 e. The SMILES string of the molecule is CCOC(=O)C(O)(c1ccc(C[C@@H](C)N[C@@H](C(=O)O)c2cccc(Cl)c2)cc1)c1ccc(C[C@@H](C)N[C@@H](C(=O)O)c2cccc(Cl)c2)cc1. The Morgan fingerprint density at radius 3 is 1.41 bits per heavy atom. The summed E-state index contributed by atoms with van der Waals surface area (Å²) in [5, 5.41) is 38.7. The van der Waals surface area contributed by atoms with Crippen LogP contribution in [0.1, 0.15) is 66.2 Å². The van der Waals surface area contributed by atoms with Crippen LogP contribution in [0.4, 0.5) is 0 Å². The Bertz CT molecular complexity index is 1630. The zero-order valence-electron chi connectivity index (χ0n) is 27.4. The predicted molar refractivity (Wildman–Crippen MR) is 189 cm³/mol. The summed E-state index contributed by atoms with van der Waals surface area (Å²) < 4.78 is 5.30. The number of hydrogen-bond donors (Lipinski definition) is 5.